The number of carbonyl (C=O) groups is 2. The second kappa shape index (κ2) is 8.58. The molecule has 0 spiro atoms. The third kappa shape index (κ3) is 4.72. The fourth-order valence-electron chi connectivity index (χ4n) is 3.07. The van der Waals surface area contributed by atoms with Crippen molar-refractivity contribution < 1.29 is 18.0 Å². The molecule has 2 aromatic rings. The lowest BCUT2D eigenvalue weighted by Gasteiger charge is -2.16. The second-order valence-corrected chi connectivity index (χ2v) is 8.58. The van der Waals surface area contributed by atoms with E-state index in [0.717, 1.165) is 23.5 Å². The molecule has 0 unspecified atom stereocenters. The molecule has 154 valence electrons. The summed E-state index contributed by atoms with van der Waals surface area (Å²) in [5.41, 5.74) is 0.425. The molecule has 1 aliphatic rings. The highest BCUT2D eigenvalue weighted by atomic mass is 32.2. The van der Waals surface area contributed by atoms with Crippen molar-refractivity contribution >= 4 is 27.5 Å². The molecule has 0 saturated carbocycles. The number of amides is 2. The Hall–Kier alpha value is -2.98. The molecule has 2 N–H and O–H groups in total. The third-order valence-corrected chi connectivity index (χ3v) is 6.51. The van der Waals surface area contributed by atoms with Gasteiger partial charge in [-0.25, -0.2) is 8.42 Å². The maximum absolute atomic E-state index is 12.7. The molecule has 0 radical (unpaired) electrons. The van der Waals surface area contributed by atoms with Crippen LogP contribution < -0.4 is 16.2 Å². The predicted octanol–water partition coefficient (Wildman–Crippen LogP) is 0.631. The van der Waals surface area contributed by atoms with Crippen molar-refractivity contribution in [1.82, 2.24) is 14.2 Å². The van der Waals surface area contributed by atoms with Gasteiger partial charge in [0.25, 0.3) is 11.5 Å². The Morgan fingerprint density at radius 1 is 1.03 bits per heavy atom. The van der Waals surface area contributed by atoms with Crippen LogP contribution in [0.1, 0.15) is 23.2 Å². The molecule has 0 bridgehead atoms. The normalized spacial score (nSPS) is 14.5. The minimum absolute atomic E-state index is 0.0123. The molecule has 1 fully saturated rings. The van der Waals surface area contributed by atoms with Gasteiger partial charge in [-0.1, -0.05) is 0 Å². The van der Waals surface area contributed by atoms with Gasteiger partial charge in [-0.3, -0.25) is 14.4 Å². The summed E-state index contributed by atoms with van der Waals surface area (Å²) in [7, 11) is -2.16. The number of nitrogens with one attached hydrogen (secondary N) is 2. The van der Waals surface area contributed by atoms with Crippen LogP contribution in [0.15, 0.2) is 52.3 Å². The molecule has 0 aliphatic carbocycles. The van der Waals surface area contributed by atoms with Gasteiger partial charge in [0.2, 0.25) is 15.9 Å². The molecule has 1 aromatic carbocycles. The smallest absolute Gasteiger partial charge is 0.251 e. The van der Waals surface area contributed by atoms with Crippen LogP contribution in [0.5, 0.6) is 0 Å². The summed E-state index contributed by atoms with van der Waals surface area (Å²) < 4.78 is 27.8. The number of nitrogens with zero attached hydrogens (tertiary/aromatic N) is 2. The number of hydrogen-bond donors (Lipinski definition) is 2. The van der Waals surface area contributed by atoms with Crippen molar-refractivity contribution in [1.29, 1.82) is 0 Å². The van der Waals surface area contributed by atoms with E-state index >= 15 is 0 Å². The standard InChI is InChI=1S/C19H22N4O5S/c1-20-19(26)14-4-6-15(7-5-14)21-17(24)13-22-12-16(8-9-18(22)25)29(27,28)23-10-2-3-11-23/h4-9,12H,2-3,10-11,13H2,1H3,(H,20,26)(H,21,24). The van der Waals surface area contributed by atoms with Gasteiger partial charge in [-0.15, -0.1) is 0 Å². The number of carbonyl (C=O) groups excluding carboxylic acids is 2. The lowest BCUT2D eigenvalue weighted by Crippen LogP contribution is -2.31. The maximum Gasteiger partial charge on any atom is 0.251 e. The average Bonchev–Trinajstić information content (AvgIpc) is 3.25. The van der Waals surface area contributed by atoms with E-state index in [2.05, 4.69) is 10.6 Å². The van der Waals surface area contributed by atoms with E-state index in [0.29, 0.717) is 24.3 Å². The summed E-state index contributed by atoms with van der Waals surface area (Å²) in [5.74, 6) is -0.735. The summed E-state index contributed by atoms with van der Waals surface area (Å²) in [4.78, 5) is 35.9. The third-order valence-electron chi connectivity index (χ3n) is 4.63. The zero-order valence-corrected chi connectivity index (χ0v) is 16.7. The summed E-state index contributed by atoms with van der Waals surface area (Å²) in [5, 5.41) is 5.13. The van der Waals surface area contributed by atoms with Crippen molar-refractivity contribution in [2.24, 2.45) is 0 Å². The van der Waals surface area contributed by atoms with E-state index in [4.69, 9.17) is 0 Å². The van der Waals surface area contributed by atoms with E-state index < -0.39 is 21.5 Å². The summed E-state index contributed by atoms with van der Waals surface area (Å²) >= 11 is 0. The molecule has 1 aliphatic heterocycles. The van der Waals surface area contributed by atoms with E-state index in [-0.39, 0.29) is 17.3 Å². The fraction of sp³-hybridized carbons (Fsp3) is 0.316. The quantitative estimate of drug-likeness (QED) is 0.714. The van der Waals surface area contributed by atoms with Gasteiger partial charge in [-0.2, -0.15) is 4.31 Å². The van der Waals surface area contributed by atoms with Crippen LogP contribution >= 0.6 is 0 Å². The average molecular weight is 418 g/mol. The molecule has 3 rings (SSSR count). The van der Waals surface area contributed by atoms with Crippen molar-refractivity contribution in [3.8, 4) is 0 Å². The second-order valence-electron chi connectivity index (χ2n) is 6.65. The van der Waals surface area contributed by atoms with E-state index in [1.54, 1.807) is 24.3 Å². The lowest BCUT2D eigenvalue weighted by atomic mass is 10.2. The minimum atomic E-state index is -3.68. The number of hydrogen-bond acceptors (Lipinski definition) is 5. The molecule has 10 heteroatoms. The summed E-state index contributed by atoms with van der Waals surface area (Å²) in [6, 6.07) is 8.67. The van der Waals surface area contributed by atoms with Crippen LogP contribution in [0.3, 0.4) is 0 Å². The van der Waals surface area contributed by atoms with E-state index in [9.17, 15) is 22.8 Å². The Morgan fingerprint density at radius 2 is 1.69 bits per heavy atom. The van der Waals surface area contributed by atoms with Crippen molar-refractivity contribution in [3.63, 3.8) is 0 Å². The van der Waals surface area contributed by atoms with Crippen molar-refractivity contribution in [2.45, 2.75) is 24.3 Å². The monoisotopic (exact) mass is 418 g/mol. The molecule has 2 heterocycles. The highest BCUT2D eigenvalue weighted by molar-refractivity contribution is 7.89. The first-order chi connectivity index (χ1) is 13.8. The highest BCUT2D eigenvalue weighted by Gasteiger charge is 2.27. The van der Waals surface area contributed by atoms with Gasteiger partial charge >= 0.3 is 0 Å². The molecule has 2 amide bonds. The van der Waals surface area contributed by atoms with Gasteiger partial charge in [0.05, 0.1) is 4.90 Å². The number of pyridine rings is 1. The molecule has 0 atom stereocenters. The van der Waals surface area contributed by atoms with Gasteiger partial charge in [0.15, 0.2) is 0 Å². The molecular formula is C19H22N4O5S. The van der Waals surface area contributed by atoms with Gasteiger partial charge < -0.3 is 15.2 Å². The number of anilines is 1. The van der Waals surface area contributed by atoms with Crippen LogP contribution in [-0.2, 0) is 21.4 Å². The van der Waals surface area contributed by atoms with Gasteiger partial charge in [0.1, 0.15) is 6.54 Å². The molecule has 29 heavy (non-hydrogen) atoms. The number of benzene rings is 1. The SMILES string of the molecule is CNC(=O)c1ccc(NC(=O)Cn2cc(S(=O)(=O)N3CCCC3)ccc2=O)cc1. The zero-order valence-electron chi connectivity index (χ0n) is 15.9. The molecular weight excluding hydrogens is 396 g/mol. The molecule has 9 nitrogen and oxygen atoms in total. The van der Waals surface area contributed by atoms with Gasteiger partial charge in [0, 0.05) is 43.7 Å². The van der Waals surface area contributed by atoms with Gasteiger partial charge in [-0.05, 0) is 43.2 Å². The van der Waals surface area contributed by atoms with Crippen molar-refractivity contribution in [2.75, 3.05) is 25.5 Å². The number of rotatable bonds is 6. The van der Waals surface area contributed by atoms with Crippen LogP contribution in [0.25, 0.3) is 0 Å². The first-order valence-corrected chi connectivity index (χ1v) is 10.6. The predicted molar refractivity (Wildman–Crippen MR) is 107 cm³/mol. The number of sulfonamides is 1. The largest absolute Gasteiger partial charge is 0.355 e. The fourth-order valence-corrected chi connectivity index (χ4v) is 4.61. The Bertz CT molecular complexity index is 1070. The number of aromatic nitrogens is 1. The Morgan fingerprint density at radius 3 is 2.31 bits per heavy atom. The Kier molecular flexibility index (Phi) is 6.14. The van der Waals surface area contributed by atoms with Crippen LogP contribution in [0.4, 0.5) is 5.69 Å². The van der Waals surface area contributed by atoms with Crippen molar-refractivity contribution in [3.05, 3.63) is 58.5 Å². The highest BCUT2D eigenvalue weighted by Crippen LogP contribution is 2.19. The lowest BCUT2D eigenvalue weighted by molar-refractivity contribution is -0.116. The Labute approximate surface area is 168 Å². The summed E-state index contributed by atoms with van der Waals surface area (Å²) in [6.07, 6.45) is 2.81. The summed E-state index contributed by atoms with van der Waals surface area (Å²) in [6.45, 7) is 0.571. The minimum Gasteiger partial charge on any atom is -0.355 e. The van der Waals surface area contributed by atoms with Crippen LogP contribution in [0.2, 0.25) is 0 Å². The zero-order chi connectivity index (χ0) is 21.0. The Balaban J connectivity index is 1.73. The molecule has 1 aromatic heterocycles. The first-order valence-electron chi connectivity index (χ1n) is 9.14. The van der Waals surface area contributed by atoms with Crippen LogP contribution in [0, 0.1) is 0 Å². The molecule has 1 saturated heterocycles. The topological polar surface area (TPSA) is 118 Å². The van der Waals surface area contributed by atoms with Crippen LogP contribution in [-0.4, -0.2) is 49.2 Å². The maximum atomic E-state index is 12.7. The van der Waals surface area contributed by atoms with E-state index in [1.165, 1.54) is 23.6 Å². The first kappa shape index (κ1) is 20.7. The van der Waals surface area contributed by atoms with E-state index in [1.807, 2.05) is 0 Å².